The molecule has 7 nitrogen and oxygen atoms in total. The molecule has 0 bridgehead atoms. The molecular formula is C30H36O7Si. The Morgan fingerprint density at radius 1 is 0.842 bits per heavy atom. The molecule has 0 radical (unpaired) electrons. The van der Waals surface area contributed by atoms with E-state index in [1.807, 2.05) is 36.4 Å². The Bertz CT molecular complexity index is 1130. The molecule has 1 saturated heterocycles. The quantitative estimate of drug-likeness (QED) is 0.338. The van der Waals surface area contributed by atoms with Gasteiger partial charge in [0.1, 0.15) is 18.3 Å². The lowest BCUT2D eigenvalue weighted by Crippen LogP contribution is -2.68. The second-order valence-corrected chi connectivity index (χ2v) is 14.8. The number of hydrogen-bond donors (Lipinski definition) is 2. The maximum absolute atomic E-state index is 12.6. The Labute approximate surface area is 225 Å². The first-order chi connectivity index (χ1) is 18.2. The van der Waals surface area contributed by atoms with Crippen LogP contribution in [0.3, 0.4) is 0 Å². The zero-order valence-electron chi connectivity index (χ0n) is 22.2. The predicted octanol–water partition coefficient (Wildman–Crippen LogP) is 2.88. The monoisotopic (exact) mass is 536 g/mol. The van der Waals surface area contributed by atoms with E-state index >= 15 is 0 Å². The number of carbonyl (C=O) groups is 1. The zero-order chi connectivity index (χ0) is 27.3. The van der Waals surface area contributed by atoms with E-state index < -0.39 is 45.0 Å². The first-order valence-corrected chi connectivity index (χ1v) is 14.7. The fraction of sp³-hybridized carbons (Fsp3) is 0.367. The Morgan fingerprint density at radius 3 is 1.82 bits per heavy atom. The van der Waals surface area contributed by atoms with Crippen molar-refractivity contribution in [3.8, 4) is 0 Å². The molecule has 38 heavy (non-hydrogen) atoms. The van der Waals surface area contributed by atoms with Gasteiger partial charge in [0.2, 0.25) is 0 Å². The maximum atomic E-state index is 12.6. The van der Waals surface area contributed by atoms with E-state index in [1.165, 1.54) is 7.11 Å². The second-order valence-electron chi connectivity index (χ2n) is 10.5. The van der Waals surface area contributed by atoms with Crippen molar-refractivity contribution in [2.45, 2.75) is 56.5 Å². The van der Waals surface area contributed by atoms with Gasteiger partial charge in [0.15, 0.2) is 12.4 Å². The molecule has 202 valence electrons. The van der Waals surface area contributed by atoms with Gasteiger partial charge in [-0.25, -0.2) is 4.79 Å². The van der Waals surface area contributed by atoms with Crippen LogP contribution in [0.2, 0.25) is 5.04 Å². The van der Waals surface area contributed by atoms with Gasteiger partial charge in [-0.3, -0.25) is 0 Å². The smallest absolute Gasteiger partial charge is 0.338 e. The molecule has 8 heteroatoms. The fourth-order valence-electron chi connectivity index (χ4n) is 5.09. The normalized spacial score (nSPS) is 24.1. The Balaban J connectivity index is 1.59. The highest BCUT2D eigenvalue weighted by molar-refractivity contribution is 6.99. The average Bonchev–Trinajstić information content (AvgIpc) is 2.93. The number of esters is 1. The predicted molar refractivity (Wildman–Crippen MR) is 147 cm³/mol. The molecule has 1 aliphatic rings. The summed E-state index contributed by atoms with van der Waals surface area (Å²) in [6.07, 6.45) is -6.02. The van der Waals surface area contributed by atoms with Crippen LogP contribution in [0.4, 0.5) is 0 Å². The second kappa shape index (κ2) is 11.9. The van der Waals surface area contributed by atoms with E-state index in [4.69, 9.17) is 18.6 Å². The van der Waals surface area contributed by atoms with Gasteiger partial charge < -0.3 is 28.8 Å². The molecule has 0 spiro atoms. The minimum Gasteiger partial charge on any atom is -0.450 e. The molecule has 1 heterocycles. The van der Waals surface area contributed by atoms with Gasteiger partial charge in [-0.05, 0) is 27.5 Å². The molecule has 1 aliphatic heterocycles. The third kappa shape index (κ3) is 5.61. The maximum Gasteiger partial charge on any atom is 0.338 e. The van der Waals surface area contributed by atoms with Crippen molar-refractivity contribution in [2.24, 2.45) is 0 Å². The largest absolute Gasteiger partial charge is 0.450 e. The summed E-state index contributed by atoms with van der Waals surface area (Å²) in [5, 5.41) is 24.0. The van der Waals surface area contributed by atoms with Crippen LogP contribution in [0.15, 0.2) is 91.0 Å². The molecule has 0 unspecified atom stereocenters. The number of rotatable bonds is 8. The lowest BCUT2D eigenvalue weighted by Gasteiger charge is -2.46. The minimum absolute atomic E-state index is 0.00468. The standard InChI is InChI=1S/C30H36O7Si/c1-30(2,3)38(22-16-10-6-11-17-22,23-18-12-7-13-19-23)35-20-24-25(31)26(32)27(29(34-4)36-24)37-28(33)21-14-8-5-9-15-21/h5-19,24-27,29,31-32H,20H2,1-4H3/t24-,25-,26+,27-,29+/m1/s1. The molecule has 0 amide bonds. The van der Waals surface area contributed by atoms with Crippen LogP contribution in [-0.4, -0.2) is 68.9 Å². The first kappa shape index (κ1) is 28.2. The summed E-state index contributed by atoms with van der Waals surface area (Å²) in [4.78, 5) is 12.6. The van der Waals surface area contributed by atoms with Gasteiger partial charge in [-0.15, -0.1) is 0 Å². The van der Waals surface area contributed by atoms with Crippen LogP contribution in [0, 0.1) is 0 Å². The van der Waals surface area contributed by atoms with Crippen molar-refractivity contribution < 1.29 is 33.6 Å². The average molecular weight is 537 g/mol. The highest BCUT2D eigenvalue weighted by Crippen LogP contribution is 2.37. The molecule has 0 aromatic heterocycles. The van der Waals surface area contributed by atoms with Crippen LogP contribution >= 0.6 is 0 Å². The Kier molecular flexibility index (Phi) is 8.82. The molecule has 5 atom stereocenters. The minimum atomic E-state index is -2.90. The molecule has 4 rings (SSSR count). The zero-order valence-corrected chi connectivity index (χ0v) is 23.2. The van der Waals surface area contributed by atoms with Gasteiger partial charge in [0, 0.05) is 7.11 Å². The van der Waals surface area contributed by atoms with Crippen molar-refractivity contribution in [1.29, 1.82) is 0 Å². The van der Waals surface area contributed by atoms with Crippen LogP contribution in [0.5, 0.6) is 0 Å². The van der Waals surface area contributed by atoms with E-state index in [-0.39, 0.29) is 11.6 Å². The van der Waals surface area contributed by atoms with E-state index in [9.17, 15) is 15.0 Å². The van der Waals surface area contributed by atoms with Crippen molar-refractivity contribution in [1.82, 2.24) is 0 Å². The lowest BCUT2D eigenvalue weighted by atomic mass is 9.99. The number of aliphatic hydroxyl groups is 2. The summed E-state index contributed by atoms with van der Waals surface area (Å²) in [5.74, 6) is -0.644. The Morgan fingerprint density at radius 2 is 1.34 bits per heavy atom. The summed E-state index contributed by atoms with van der Waals surface area (Å²) < 4.78 is 23.9. The molecule has 3 aromatic carbocycles. The molecule has 0 aliphatic carbocycles. The number of ether oxygens (including phenoxy) is 3. The number of aliphatic hydroxyl groups excluding tert-OH is 2. The van der Waals surface area contributed by atoms with E-state index in [1.54, 1.807) is 30.3 Å². The summed E-state index contributed by atoms with van der Waals surface area (Å²) in [7, 11) is -1.50. The molecule has 1 fully saturated rings. The summed E-state index contributed by atoms with van der Waals surface area (Å²) >= 11 is 0. The molecule has 0 saturated carbocycles. The number of carbonyl (C=O) groups excluding carboxylic acids is 1. The van der Waals surface area contributed by atoms with E-state index in [0.29, 0.717) is 5.56 Å². The number of benzene rings is 3. The van der Waals surface area contributed by atoms with Crippen LogP contribution in [-0.2, 0) is 18.6 Å². The Hall–Kier alpha value is -2.85. The third-order valence-electron chi connectivity index (χ3n) is 7.01. The van der Waals surface area contributed by atoms with Crippen molar-refractivity contribution in [2.75, 3.05) is 13.7 Å². The summed E-state index contributed by atoms with van der Waals surface area (Å²) in [6.45, 7) is 6.47. The van der Waals surface area contributed by atoms with Gasteiger partial charge in [0.05, 0.1) is 12.2 Å². The van der Waals surface area contributed by atoms with Crippen molar-refractivity contribution in [3.05, 3.63) is 96.6 Å². The fourth-order valence-corrected chi connectivity index (χ4v) is 9.66. The van der Waals surface area contributed by atoms with Crippen LogP contribution in [0.25, 0.3) is 0 Å². The van der Waals surface area contributed by atoms with Gasteiger partial charge >= 0.3 is 5.97 Å². The highest BCUT2D eigenvalue weighted by atomic mass is 28.4. The summed E-state index contributed by atoms with van der Waals surface area (Å²) in [6, 6.07) is 28.7. The molecule has 2 N–H and O–H groups in total. The van der Waals surface area contributed by atoms with Crippen molar-refractivity contribution >= 4 is 24.7 Å². The molecular weight excluding hydrogens is 500 g/mol. The highest BCUT2D eigenvalue weighted by Gasteiger charge is 2.52. The SMILES string of the molecule is CO[C@H]1O[C@H](CO[Si](c2ccccc2)(c2ccccc2)C(C)(C)C)[C@@H](O)[C@H](O)[C@H]1OC(=O)c1ccccc1. The van der Waals surface area contributed by atoms with E-state index in [2.05, 4.69) is 45.0 Å². The van der Waals surface area contributed by atoms with Gasteiger partial charge in [-0.2, -0.15) is 0 Å². The third-order valence-corrected chi connectivity index (χ3v) is 12.0. The van der Waals surface area contributed by atoms with Crippen LogP contribution < -0.4 is 10.4 Å². The van der Waals surface area contributed by atoms with E-state index in [0.717, 1.165) is 10.4 Å². The topological polar surface area (TPSA) is 94.5 Å². The van der Waals surface area contributed by atoms with Crippen LogP contribution in [0.1, 0.15) is 31.1 Å². The lowest BCUT2D eigenvalue weighted by molar-refractivity contribution is -0.292. The van der Waals surface area contributed by atoms with Gasteiger partial charge in [-0.1, -0.05) is 99.6 Å². The van der Waals surface area contributed by atoms with Gasteiger partial charge in [0.25, 0.3) is 8.32 Å². The summed E-state index contributed by atoms with van der Waals surface area (Å²) in [5.41, 5.74) is 0.321. The first-order valence-electron chi connectivity index (χ1n) is 12.7. The molecule has 3 aromatic rings. The number of methoxy groups -OCH3 is 1. The van der Waals surface area contributed by atoms with Crippen molar-refractivity contribution in [3.63, 3.8) is 0 Å². The number of hydrogen-bond acceptors (Lipinski definition) is 7.